The largest absolute Gasteiger partial charge is 0.327 e. The number of urea groups is 1. The average Bonchev–Trinajstić information content (AvgIpc) is 2.88. The van der Waals surface area contributed by atoms with Crippen molar-refractivity contribution in [2.45, 2.75) is 71.5 Å². The maximum absolute atomic E-state index is 13.5. The number of nitrogens with zero attached hydrogens (tertiary/aromatic N) is 4. The number of aromatic nitrogens is 1. The molecule has 0 saturated carbocycles. The smallest absolute Gasteiger partial charge is 0.309 e. The predicted octanol–water partition coefficient (Wildman–Crippen LogP) is 3.53. The number of amides is 3. The van der Waals surface area contributed by atoms with E-state index in [-0.39, 0.29) is 11.9 Å². The highest BCUT2D eigenvalue weighted by atomic mass is 16.2. The van der Waals surface area contributed by atoms with Crippen molar-refractivity contribution in [1.29, 1.82) is 0 Å². The van der Waals surface area contributed by atoms with Crippen LogP contribution in [0.4, 0.5) is 4.79 Å². The van der Waals surface area contributed by atoms with Crippen molar-refractivity contribution in [3.63, 3.8) is 0 Å². The number of piperidine rings is 1. The topological polar surface area (TPSA) is 56.8 Å². The fourth-order valence-electron chi connectivity index (χ4n) is 4.37. The van der Waals surface area contributed by atoms with E-state index in [0.717, 1.165) is 44.3 Å². The van der Waals surface area contributed by atoms with Crippen LogP contribution in [-0.2, 0) is 11.3 Å². The molecule has 28 heavy (non-hydrogen) atoms. The second kappa shape index (κ2) is 8.60. The molecule has 3 amide bonds. The quantitative estimate of drug-likeness (QED) is 0.673. The zero-order valence-electron chi connectivity index (χ0n) is 17.7. The molecule has 0 N–H and O–H groups in total. The monoisotopic (exact) mass is 386 g/mol. The van der Waals surface area contributed by atoms with Crippen LogP contribution in [0, 0.1) is 5.92 Å². The lowest BCUT2D eigenvalue weighted by atomic mass is 9.84. The Morgan fingerprint density at radius 3 is 2.46 bits per heavy atom. The van der Waals surface area contributed by atoms with Crippen LogP contribution in [0.2, 0.25) is 0 Å². The van der Waals surface area contributed by atoms with Gasteiger partial charge in [-0.05, 0) is 50.2 Å². The van der Waals surface area contributed by atoms with Crippen molar-refractivity contribution in [3.8, 4) is 0 Å². The van der Waals surface area contributed by atoms with E-state index in [4.69, 9.17) is 0 Å². The number of likely N-dealkylation sites (tertiary alicyclic amines) is 1. The van der Waals surface area contributed by atoms with E-state index >= 15 is 0 Å². The Bertz CT molecular complexity index is 683. The molecule has 0 aliphatic carbocycles. The number of carbonyl (C=O) groups is 2. The Hall–Kier alpha value is -1.95. The van der Waals surface area contributed by atoms with Crippen molar-refractivity contribution in [2.24, 2.45) is 5.92 Å². The van der Waals surface area contributed by atoms with Crippen molar-refractivity contribution in [2.75, 3.05) is 19.6 Å². The van der Waals surface area contributed by atoms with Crippen LogP contribution in [0.5, 0.6) is 0 Å². The molecule has 0 radical (unpaired) electrons. The van der Waals surface area contributed by atoms with Gasteiger partial charge >= 0.3 is 6.03 Å². The fourth-order valence-corrected chi connectivity index (χ4v) is 4.37. The summed E-state index contributed by atoms with van der Waals surface area (Å²) in [7, 11) is 0. The lowest BCUT2D eigenvalue weighted by Crippen LogP contribution is -2.57. The summed E-state index contributed by atoms with van der Waals surface area (Å²) in [4.78, 5) is 36.7. The summed E-state index contributed by atoms with van der Waals surface area (Å²) < 4.78 is 0. The van der Waals surface area contributed by atoms with Gasteiger partial charge < -0.3 is 9.80 Å². The third kappa shape index (κ3) is 3.93. The highest BCUT2D eigenvalue weighted by Crippen LogP contribution is 2.39. The summed E-state index contributed by atoms with van der Waals surface area (Å²) in [5, 5.41) is 0. The first kappa shape index (κ1) is 20.8. The van der Waals surface area contributed by atoms with E-state index in [1.54, 1.807) is 12.4 Å². The van der Waals surface area contributed by atoms with Crippen molar-refractivity contribution >= 4 is 11.9 Å². The Kier molecular flexibility index (Phi) is 6.38. The maximum atomic E-state index is 13.5. The Labute approximate surface area is 168 Å². The highest BCUT2D eigenvalue weighted by molar-refractivity contribution is 6.07. The molecule has 1 unspecified atom stereocenters. The molecule has 3 heterocycles. The Balaban J connectivity index is 1.83. The number of hydrogen-bond donors (Lipinski definition) is 0. The molecule has 0 bridgehead atoms. The van der Waals surface area contributed by atoms with Gasteiger partial charge in [-0.25, -0.2) is 4.79 Å². The second-order valence-electron chi connectivity index (χ2n) is 8.69. The van der Waals surface area contributed by atoms with Crippen LogP contribution >= 0.6 is 0 Å². The van der Waals surface area contributed by atoms with Crippen molar-refractivity contribution in [1.82, 2.24) is 19.7 Å². The van der Waals surface area contributed by atoms with E-state index in [1.807, 2.05) is 17.0 Å². The summed E-state index contributed by atoms with van der Waals surface area (Å²) in [6.45, 7) is 11.5. The standard InChI is InChI=1S/C22H34N4O2/c1-5-18(4)24-13-9-22(10-14-24)20(27)25(16-19-7-6-11-23-15-19)21(28)26(22)12-8-17(2)3/h6-7,11,15,17-18H,5,8-10,12-14,16H2,1-4H3. The molecule has 1 aromatic rings. The summed E-state index contributed by atoms with van der Waals surface area (Å²) in [5.41, 5.74) is 0.222. The minimum atomic E-state index is -0.669. The van der Waals surface area contributed by atoms with Crippen molar-refractivity contribution in [3.05, 3.63) is 30.1 Å². The molecule has 2 saturated heterocycles. The molecule has 2 fully saturated rings. The van der Waals surface area contributed by atoms with Gasteiger partial charge in [0.2, 0.25) is 0 Å². The van der Waals surface area contributed by atoms with E-state index in [9.17, 15) is 9.59 Å². The Morgan fingerprint density at radius 1 is 1.18 bits per heavy atom. The van der Waals surface area contributed by atoms with Crippen LogP contribution in [0.15, 0.2) is 24.5 Å². The third-order valence-electron chi connectivity index (χ3n) is 6.45. The van der Waals surface area contributed by atoms with Crippen LogP contribution in [-0.4, -0.2) is 62.8 Å². The fraction of sp³-hybridized carbons (Fsp3) is 0.682. The summed E-state index contributed by atoms with van der Waals surface area (Å²) in [5.74, 6) is 0.474. The lowest BCUT2D eigenvalue weighted by molar-refractivity contribution is -0.136. The zero-order chi connectivity index (χ0) is 20.3. The molecule has 3 rings (SSSR count). The highest BCUT2D eigenvalue weighted by Gasteiger charge is 2.57. The van der Waals surface area contributed by atoms with Gasteiger partial charge in [-0.1, -0.05) is 26.8 Å². The van der Waals surface area contributed by atoms with Gasteiger partial charge in [0, 0.05) is 38.1 Å². The molecule has 1 aromatic heterocycles. The molecule has 6 nitrogen and oxygen atoms in total. The first-order valence-corrected chi connectivity index (χ1v) is 10.7. The molecular formula is C22H34N4O2. The second-order valence-corrected chi connectivity index (χ2v) is 8.69. The van der Waals surface area contributed by atoms with E-state index in [1.165, 1.54) is 4.90 Å². The normalized spacial score (nSPS) is 21.2. The average molecular weight is 387 g/mol. The van der Waals surface area contributed by atoms with Crippen molar-refractivity contribution < 1.29 is 9.59 Å². The molecular weight excluding hydrogens is 352 g/mol. The van der Waals surface area contributed by atoms with Crippen LogP contribution < -0.4 is 0 Å². The van der Waals surface area contributed by atoms with Gasteiger partial charge in [0.1, 0.15) is 5.54 Å². The molecule has 1 atom stereocenters. The number of rotatable bonds is 7. The van der Waals surface area contributed by atoms with Gasteiger partial charge in [-0.2, -0.15) is 0 Å². The summed E-state index contributed by atoms with van der Waals surface area (Å²) in [6.07, 6.45) is 6.90. The Morgan fingerprint density at radius 2 is 1.89 bits per heavy atom. The SMILES string of the molecule is CCC(C)N1CCC2(CC1)C(=O)N(Cc1cccnc1)C(=O)N2CCC(C)C. The summed E-state index contributed by atoms with van der Waals surface area (Å²) >= 11 is 0. The first-order valence-electron chi connectivity index (χ1n) is 10.7. The van der Waals surface area contributed by atoms with Gasteiger partial charge in [0.05, 0.1) is 6.54 Å². The lowest BCUT2D eigenvalue weighted by Gasteiger charge is -2.44. The minimum Gasteiger partial charge on any atom is -0.309 e. The third-order valence-corrected chi connectivity index (χ3v) is 6.45. The van der Waals surface area contributed by atoms with Gasteiger partial charge in [0.15, 0.2) is 0 Å². The van der Waals surface area contributed by atoms with Crippen LogP contribution in [0.25, 0.3) is 0 Å². The van der Waals surface area contributed by atoms with Gasteiger partial charge in [-0.15, -0.1) is 0 Å². The van der Waals surface area contributed by atoms with E-state index in [0.29, 0.717) is 25.0 Å². The number of pyridine rings is 1. The molecule has 1 spiro atoms. The van der Waals surface area contributed by atoms with Gasteiger partial charge in [0.25, 0.3) is 5.91 Å². The number of hydrogen-bond acceptors (Lipinski definition) is 4. The van der Waals surface area contributed by atoms with E-state index in [2.05, 4.69) is 37.6 Å². The van der Waals surface area contributed by atoms with Gasteiger partial charge in [-0.3, -0.25) is 14.7 Å². The minimum absolute atomic E-state index is 0.0195. The van der Waals surface area contributed by atoms with E-state index < -0.39 is 5.54 Å². The molecule has 6 heteroatoms. The maximum Gasteiger partial charge on any atom is 0.327 e. The van der Waals surface area contributed by atoms with Crippen LogP contribution in [0.1, 0.15) is 58.9 Å². The summed E-state index contributed by atoms with van der Waals surface area (Å²) in [6, 6.07) is 4.14. The number of carbonyl (C=O) groups excluding carboxylic acids is 2. The number of imide groups is 1. The molecule has 0 aromatic carbocycles. The van der Waals surface area contributed by atoms with Crippen LogP contribution in [0.3, 0.4) is 0 Å². The first-order chi connectivity index (χ1) is 13.4. The predicted molar refractivity (Wildman–Crippen MR) is 110 cm³/mol. The molecule has 2 aliphatic heterocycles. The molecule has 154 valence electrons. The molecule has 2 aliphatic rings. The zero-order valence-corrected chi connectivity index (χ0v) is 17.7.